The molecule has 0 aliphatic carbocycles. The fraction of sp³-hybridized carbons (Fsp3) is 0.167. The molecule has 0 aliphatic heterocycles. The zero-order valence-electron chi connectivity index (χ0n) is 19.3. The van der Waals surface area contributed by atoms with Crippen molar-refractivity contribution in [3.8, 4) is 11.6 Å². The zero-order chi connectivity index (χ0) is 26.5. The Morgan fingerprint density at radius 2 is 1.76 bits per heavy atom. The first kappa shape index (κ1) is 25.5. The van der Waals surface area contributed by atoms with E-state index in [4.69, 9.17) is 16.3 Å². The first-order valence-corrected chi connectivity index (χ1v) is 11.3. The first-order chi connectivity index (χ1) is 17.7. The van der Waals surface area contributed by atoms with E-state index in [-0.39, 0.29) is 24.9 Å². The SMILES string of the molecule is C[C@@H](Cn1c(=O)nc(Nc2ccc(Oc3ccc(F)nn3)cc2)n(Cc2ccc(Cl)cc2)c1=O)C(=O)O. The number of hydrogen-bond acceptors (Lipinski definition) is 8. The highest BCUT2D eigenvalue weighted by Gasteiger charge is 2.19. The van der Waals surface area contributed by atoms with E-state index >= 15 is 0 Å². The van der Waals surface area contributed by atoms with Gasteiger partial charge in [0, 0.05) is 29.4 Å². The molecule has 13 heteroatoms. The number of rotatable bonds is 9. The predicted octanol–water partition coefficient (Wildman–Crippen LogP) is 3.29. The molecule has 2 aromatic heterocycles. The van der Waals surface area contributed by atoms with Crippen molar-refractivity contribution in [2.24, 2.45) is 5.92 Å². The smallest absolute Gasteiger partial charge is 0.354 e. The molecule has 0 aliphatic rings. The van der Waals surface area contributed by atoms with Gasteiger partial charge in [0.05, 0.1) is 12.5 Å². The van der Waals surface area contributed by atoms with Crippen molar-refractivity contribution in [3.63, 3.8) is 0 Å². The van der Waals surface area contributed by atoms with Crippen LogP contribution in [-0.4, -0.2) is 35.4 Å². The van der Waals surface area contributed by atoms with Crippen LogP contribution < -0.4 is 21.4 Å². The molecule has 1 atom stereocenters. The van der Waals surface area contributed by atoms with Crippen LogP contribution in [0.15, 0.2) is 70.3 Å². The molecular formula is C24H20ClFN6O5. The van der Waals surface area contributed by atoms with Crippen molar-refractivity contribution in [2.45, 2.75) is 20.0 Å². The molecule has 0 unspecified atom stereocenters. The molecule has 0 spiro atoms. The third-order valence-electron chi connectivity index (χ3n) is 5.22. The monoisotopic (exact) mass is 526 g/mol. The summed E-state index contributed by atoms with van der Waals surface area (Å²) >= 11 is 5.96. The number of aliphatic carboxylic acids is 1. The van der Waals surface area contributed by atoms with Crippen molar-refractivity contribution >= 4 is 29.2 Å². The minimum Gasteiger partial charge on any atom is -0.481 e. The number of aromatic nitrogens is 5. The van der Waals surface area contributed by atoms with Gasteiger partial charge in [-0.15, -0.1) is 10.2 Å². The minimum absolute atomic E-state index is 0.0392. The van der Waals surface area contributed by atoms with Crippen LogP contribution in [-0.2, 0) is 17.9 Å². The van der Waals surface area contributed by atoms with Crippen molar-refractivity contribution < 1.29 is 19.0 Å². The average molecular weight is 527 g/mol. The second-order valence-corrected chi connectivity index (χ2v) is 8.45. The van der Waals surface area contributed by atoms with Crippen LogP contribution in [0.5, 0.6) is 11.6 Å². The minimum atomic E-state index is -1.15. The largest absolute Gasteiger partial charge is 0.481 e. The van der Waals surface area contributed by atoms with Gasteiger partial charge < -0.3 is 15.2 Å². The molecule has 2 heterocycles. The molecule has 4 aromatic rings. The summed E-state index contributed by atoms with van der Waals surface area (Å²) in [7, 11) is 0. The summed E-state index contributed by atoms with van der Waals surface area (Å²) < 4.78 is 20.5. The molecular weight excluding hydrogens is 507 g/mol. The Bertz CT molecular complexity index is 1520. The number of nitrogens with zero attached hydrogens (tertiary/aromatic N) is 5. The Balaban J connectivity index is 1.65. The highest BCUT2D eigenvalue weighted by Crippen LogP contribution is 2.22. The Hall–Kier alpha value is -4.58. The maximum absolute atomic E-state index is 13.3. The van der Waals surface area contributed by atoms with Gasteiger partial charge in [-0.3, -0.25) is 9.36 Å². The zero-order valence-corrected chi connectivity index (χ0v) is 20.1. The summed E-state index contributed by atoms with van der Waals surface area (Å²) in [5, 5.41) is 19.6. The van der Waals surface area contributed by atoms with E-state index in [0.29, 0.717) is 22.0 Å². The maximum Gasteiger partial charge on any atom is 0.354 e. The second-order valence-electron chi connectivity index (χ2n) is 8.01. The van der Waals surface area contributed by atoms with Crippen LogP contribution in [0.3, 0.4) is 0 Å². The summed E-state index contributed by atoms with van der Waals surface area (Å²) in [5.41, 5.74) is -0.425. The number of halogens is 2. The highest BCUT2D eigenvalue weighted by atomic mass is 35.5. The number of carboxylic acid groups (broad SMARTS) is 1. The Morgan fingerprint density at radius 1 is 1.05 bits per heavy atom. The number of carboxylic acids is 1. The Morgan fingerprint density at radius 3 is 2.38 bits per heavy atom. The first-order valence-electron chi connectivity index (χ1n) is 10.9. The van der Waals surface area contributed by atoms with E-state index in [1.54, 1.807) is 48.5 Å². The van der Waals surface area contributed by atoms with Gasteiger partial charge in [-0.1, -0.05) is 30.7 Å². The van der Waals surface area contributed by atoms with Gasteiger partial charge in [-0.05, 0) is 42.0 Å². The summed E-state index contributed by atoms with van der Waals surface area (Å²) in [6.45, 7) is 1.10. The predicted molar refractivity (Wildman–Crippen MR) is 132 cm³/mol. The lowest BCUT2D eigenvalue weighted by atomic mass is 10.2. The number of benzene rings is 2. The van der Waals surface area contributed by atoms with Gasteiger partial charge in [0.2, 0.25) is 17.8 Å². The lowest BCUT2D eigenvalue weighted by molar-refractivity contribution is -0.141. The molecule has 0 radical (unpaired) electrons. The van der Waals surface area contributed by atoms with E-state index in [1.165, 1.54) is 17.6 Å². The molecule has 37 heavy (non-hydrogen) atoms. The molecule has 190 valence electrons. The van der Waals surface area contributed by atoms with Gasteiger partial charge in [0.1, 0.15) is 5.75 Å². The van der Waals surface area contributed by atoms with E-state index in [2.05, 4.69) is 20.5 Å². The Labute approximate surface area is 213 Å². The number of carbonyl (C=O) groups is 1. The van der Waals surface area contributed by atoms with E-state index in [1.807, 2.05) is 0 Å². The topological polar surface area (TPSA) is 141 Å². The average Bonchev–Trinajstić information content (AvgIpc) is 2.87. The molecule has 2 N–H and O–H groups in total. The molecule has 0 fully saturated rings. The summed E-state index contributed by atoms with van der Waals surface area (Å²) in [5.74, 6) is -2.42. The van der Waals surface area contributed by atoms with Crippen molar-refractivity contribution in [1.29, 1.82) is 0 Å². The van der Waals surface area contributed by atoms with E-state index < -0.39 is 29.2 Å². The van der Waals surface area contributed by atoms with Gasteiger partial charge >= 0.3 is 17.3 Å². The van der Waals surface area contributed by atoms with Gasteiger partial charge in [0.15, 0.2) is 0 Å². The van der Waals surface area contributed by atoms with Crippen LogP contribution in [0.25, 0.3) is 0 Å². The summed E-state index contributed by atoms with van der Waals surface area (Å²) in [6.07, 6.45) is 0. The lowest BCUT2D eigenvalue weighted by Gasteiger charge is -2.17. The van der Waals surface area contributed by atoms with Gasteiger partial charge in [-0.25, -0.2) is 14.2 Å². The molecule has 0 saturated heterocycles. The maximum atomic E-state index is 13.3. The second kappa shape index (κ2) is 11.0. The molecule has 11 nitrogen and oxygen atoms in total. The van der Waals surface area contributed by atoms with Gasteiger partial charge in [-0.2, -0.15) is 9.37 Å². The van der Waals surface area contributed by atoms with E-state index in [0.717, 1.165) is 10.6 Å². The van der Waals surface area contributed by atoms with Crippen LogP contribution in [0, 0.1) is 11.9 Å². The Kier molecular flexibility index (Phi) is 7.58. The van der Waals surface area contributed by atoms with Crippen LogP contribution in [0.4, 0.5) is 16.0 Å². The molecule has 0 bridgehead atoms. The molecule has 0 saturated carbocycles. The number of hydrogen-bond donors (Lipinski definition) is 2. The van der Waals surface area contributed by atoms with Crippen molar-refractivity contribution in [2.75, 3.05) is 5.32 Å². The van der Waals surface area contributed by atoms with Crippen LogP contribution >= 0.6 is 11.6 Å². The van der Waals surface area contributed by atoms with Crippen molar-refractivity contribution in [3.05, 3.63) is 98.2 Å². The fourth-order valence-electron chi connectivity index (χ4n) is 3.26. The summed E-state index contributed by atoms with van der Waals surface area (Å²) in [6, 6.07) is 15.6. The molecule has 4 rings (SSSR count). The van der Waals surface area contributed by atoms with Gasteiger partial charge in [0.25, 0.3) is 0 Å². The normalized spacial score (nSPS) is 11.6. The summed E-state index contributed by atoms with van der Waals surface area (Å²) in [4.78, 5) is 41.3. The van der Waals surface area contributed by atoms with Crippen LogP contribution in [0.1, 0.15) is 12.5 Å². The fourth-order valence-corrected chi connectivity index (χ4v) is 3.39. The lowest BCUT2D eigenvalue weighted by Crippen LogP contribution is -2.44. The standard InChI is InChI=1S/C24H20ClFN6O5/c1-14(21(33)34)12-32-23(35)28-22(31(24(32)36)13-15-2-4-16(25)5-3-15)27-17-6-8-18(9-7-17)37-20-11-10-19(26)29-30-20/h2-11,14H,12-13H2,1H3,(H,33,34)(H,27,28,35)/t14-/m0/s1. The van der Waals surface area contributed by atoms with Crippen molar-refractivity contribution in [1.82, 2.24) is 24.3 Å². The number of ether oxygens (including phenoxy) is 1. The quantitative estimate of drug-likeness (QED) is 0.336. The molecule has 2 aromatic carbocycles. The number of anilines is 2. The number of nitrogens with one attached hydrogen (secondary N) is 1. The third kappa shape index (κ3) is 6.35. The van der Waals surface area contributed by atoms with E-state index in [9.17, 15) is 23.9 Å². The molecule has 0 amide bonds. The third-order valence-corrected chi connectivity index (χ3v) is 5.47. The van der Waals surface area contributed by atoms with Crippen LogP contribution in [0.2, 0.25) is 5.02 Å². The highest BCUT2D eigenvalue weighted by molar-refractivity contribution is 6.30.